The van der Waals surface area contributed by atoms with Crippen LogP contribution in [0.3, 0.4) is 0 Å². The van der Waals surface area contributed by atoms with Gasteiger partial charge >= 0.3 is 19.8 Å². The van der Waals surface area contributed by atoms with E-state index < -0.39 is 38.6 Å². The van der Waals surface area contributed by atoms with Crippen LogP contribution in [0.1, 0.15) is 129 Å². The quantitative estimate of drug-likeness (QED) is 0.0213. The number of rotatable bonds is 31. The number of unbranched alkanes of at least 4 members (excludes halogenated alkanes) is 9. The van der Waals surface area contributed by atoms with Gasteiger partial charge in [0.05, 0.1) is 12.7 Å². The summed E-state index contributed by atoms with van der Waals surface area (Å²) in [7, 11) is -4.77. The van der Waals surface area contributed by atoms with Gasteiger partial charge in [-0.1, -0.05) is 145 Å². The van der Waals surface area contributed by atoms with Crippen molar-refractivity contribution in [1.29, 1.82) is 0 Å². The van der Waals surface area contributed by atoms with E-state index in [-0.39, 0.29) is 19.4 Å². The summed E-state index contributed by atoms with van der Waals surface area (Å²) in [5.74, 6) is -1.01. The Morgan fingerprint density at radius 2 is 1.25 bits per heavy atom. The monoisotopic (exact) mass is 694 g/mol. The Morgan fingerprint density at radius 3 is 1.85 bits per heavy atom. The molecule has 10 heteroatoms. The fourth-order valence-corrected chi connectivity index (χ4v) is 4.78. The van der Waals surface area contributed by atoms with Gasteiger partial charge in [0, 0.05) is 12.8 Å². The van der Waals surface area contributed by atoms with E-state index in [0.29, 0.717) is 19.3 Å². The highest BCUT2D eigenvalue weighted by molar-refractivity contribution is 7.46. The molecule has 0 aliphatic heterocycles. The van der Waals surface area contributed by atoms with Crippen LogP contribution in [0.2, 0.25) is 0 Å². The highest BCUT2D eigenvalue weighted by Crippen LogP contribution is 2.35. The minimum absolute atomic E-state index is 0.124. The van der Waals surface area contributed by atoms with Crippen molar-refractivity contribution in [2.75, 3.05) is 13.2 Å². The van der Waals surface area contributed by atoms with Crippen molar-refractivity contribution in [3.05, 3.63) is 72.9 Å². The van der Waals surface area contributed by atoms with Crippen LogP contribution in [-0.4, -0.2) is 52.3 Å². The summed E-state index contributed by atoms with van der Waals surface area (Å²) in [4.78, 5) is 42.5. The minimum Gasteiger partial charge on any atom is -0.462 e. The van der Waals surface area contributed by atoms with Crippen molar-refractivity contribution >= 4 is 19.8 Å². The highest BCUT2D eigenvalue weighted by Gasteiger charge is 2.22. The number of aliphatic hydroxyl groups excluding tert-OH is 1. The van der Waals surface area contributed by atoms with Crippen molar-refractivity contribution in [1.82, 2.24) is 0 Å². The molecule has 0 aromatic rings. The van der Waals surface area contributed by atoms with Gasteiger partial charge in [0.25, 0.3) is 0 Å². The molecule has 0 rings (SSSR count). The van der Waals surface area contributed by atoms with Crippen LogP contribution in [0.15, 0.2) is 72.9 Å². The lowest BCUT2D eigenvalue weighted by molar-refractivity contribution is -0.161. The summed E-state index contributed by atoms with van der Waals surface area (Å²) in [5.41, 5.74) is 0. The van der Waals surface area contributed by atoms with Gasteiger partial charge in [-0.2, -0.15) is 0 Å². The van der Waals surface area contributed by atoms with E-state index in [1.165, 1.54) is 38.5 Å². The lowest BCUT2D eigenvalue weighted by Gasteiger charge is -2.18. The molecule has 0 aliphatic rings. The molecule has 0 fully saturated rings. The lowest BCUT2D eigenvalue weighted by Crippen LogP contribution is -2.29. The van der Waals surface area contributed by atoms with Gasteiger partial charge in [0.1, 0.15) is 6.61 Å². The fourth-order valence-electron chi connectivity index (χ4n) is 4.42. The van der Waals surface area contributed by atoms with Gasteiger partial charge in [0.15, 0.2) is 6.10 Å². The molecule has 0 saturated carbocycles. The summed E-state index contributed by atoms with van der Waals surface area (Å²) in [5, 5.41) is 9.79. The number of ether oxygens (including phenoxy) is 2. The van der Waals surface area contributed by atoms with E-state index in [1.54, 1.807) is 6.08 Å². The summed E-state index contributed by atoms with van der Waals surface area (Å²) in [6.07, 6.45) is 38.3. The highest BCUT2D eigenvalue weighted by atomic mass is 31.2. The Labute approximate surface area is 290 Å². The first-order valence-corrected chi connectivity index (χ1v) is 19.4. The maximum atomic E-state index is 12.3. The van der Waals surface area contributed by atoms with Crippen molar-refractivity contribution in [3.8, 4) is 0 Å². The topological polar surface area (TPSA) is 140 Å². The number of phosphoric acid groups is 1. The van der Waals surface area contributed by atoms with Crippen LogP contribution < -0.4 is 0 Å². The summed E-state index contributed by atoms with van der Waals surface area (Å²) in [6, 6.07) is 0. The van der Waals surface area contributed by atoms with Crippen LogP contribution in [0.25, 0.3) is 0 Å². The molecular weight excluding hydrogens is 631 g/mol. The van der Waals surface area contributed by atoms with E-state index in [9.17, 15) is 19.3 Å². The molecule has 48 heavy (non-hydrogen) atoms. The normalized spacial score (nSPS) is 14.0. The smallest absolute Gasteiger partial charge is 0.462 e. The predicted molar refractivity (Wildman–Crippen MR) is 194 cm³/mol. The van der Waals surface area contributed by atoms with Gasteiger partial charge in [-0.15, -0.1) is 0 Å². The molecule has 1 unspecified atom stereocenters. The maximum absolute atomic E-state index is 12.3. The Kier molecular flexibility index (Phi) is 31.2. The number of aliphatic hydroxyl groups is 1. The van der Waals surface area contributed by atoms with Gasteiger partial charge < -0.3 is 24.4 Å². The standard InChI is InChI=1S/C38H63O9P/c1-3-5-7-8-9-10-17-21-24-28-32-38(41)47-36(34-46-48(42,43)44)33-45-37(40)31-27-23-20-18-15-13-11-12-14-16-19-22-26-30-35(39)29-25-6-4-2/h6,12-15,19-20,22-23,25-26,30,35-36,39H,3-5,7-11,16-18,21,24,27-29,31-34H2,1-2H3,(H2,42,43,44)/b14-12-,15-13-,22-19+,23-20-,25-6-,30-26+/t35?,36-/m1/s1. The van der Waals surface area contributed by atoms with Crippen LogP contribution in [0.5, 0.6) is 0 Å². The van der Waals surface area contributed by atoms with Crippen molar-refractivity contribution in [2.24, 2.45) is 0 Å². The van der Waals surface area contributed by atoms with Crippen molar-refractivity contribution in [2.45, 2.75) is 142 Å². The molecule has 0 amide bonds. The fraction of sp³-hybridized carbons (Fsp3) is 0.632. The van der Waals surface area contributed by atoms with Gasteiger partial charge in [-0.3, -0.25) is 14.1 Å². The summed E-state index contributed by atoms with van der Waals surface area (Å²) < 4.78 is 26.1. The molecule has 0 heterocycles. The van der Waals surface area contributed by atoms with Crippen LogP contribution in [0.4, 0.5) is 0 Å². The van der Waals surface area contributed by atoms with Gasteiger partial charge in [-0.05, 0) is 44.9 Å². The number of esters is 2. The molecule has 274 valence electrons. The zero-order chi connectivity index (χ0) is 35.6. The summed E-state index contributed by atoms with van der Waals surface area (Å²) in [6.45, 7) is 3.36. The number of hydrogen-bond acceptors (Lipinski definition) is 7. The van der Waals surface area contributed by atoms with Crippen LogP contribution in [-0.2, 0) is 28.2 Å². The van der Waals surface area contributed by atoms with Crippen LogP contribution in [0, 0.1) is 0 Å². The molecule has 2 atom stereocenters. The van der Waals surface area contributed by atoms with Crippen molar-refractivity contribution in [3.63, 3.8) is 0 Å². The van der Waals surface area contributed by atoms with Crippen molar-refractivity contribution < 1.29 is 43.0 Å². The largest absolute Gasteiger partial charge is 0.469 e. The molecule has 0 aromatic carbocycles. The third kappa shape index (κ3) is 34.8. The maximum Gasteiger partial charge on any atom is 0.469 e. The molecule has 0 aliphatic carbocycles. The zero-order valence-electron chi connectivity index (χ0n) is 29.5. The second kappa shape index (κ2) is 33.0. The molecule has 0 radical (unpaired) electrons. The first-order valence-electron chi connectivity index (χ1n) is 17.8. The molecule has 9 nitrogen and oxygen atoms in total. The Bertz CT molecular complexity index is 1020. The minimum atomic E-state index is -4.77. The average Bonchev–Trinajstić information content (AvgIpc) is 3.04. The number of allylic oxidation sites excluding steroid dienone is 10. The molecule has 0 aromatic heterocycles. The second-order valence-electron chi connectivity index (χ2n) is 11.7. The van der Waals surface area contributed by atoms with E-state index in [0.717, 1.165) is 44.9 Å². The second-order valence-corrected chi connectivity index (χ2v) is 12.9. The molecule has 0 bridgehead atoms. The SMILES string of the molecule is CC/C=C\CC(O)/C=C/C=C/C/C=C\C/C=C\C/C=C\CCC(=O)OC[C@H](COP(=O)(O)O)OC(=O)CCCCCCCCCCCC. The van der Waals surface area contributed by atoms with Gasteiger partial charge in [0.2, 0.25) is 0 Å². The number of phosphoric ester groups is 1. The summed E-state index contributed by atoms with van der Waals surface area (Å²) >= 11 is 0. The Hall–Kier alpha value is -2.55. The molecule has 3 N–H and O–H groups in total. The predicted octanol–water partition coefficient (Wildman–Crippen LogP) is 9.31. The number of hydrogen-bond donors (Lipinski definition) is 3. The third-order valence-electron chi connectivity index (χ3n) is 7.08. The average molecular weight is 695 g/mol. The third-order valence-corrected chi connectivity index (χ3v) is 7.57. The van der Waals surface area contributed by atoms with E-state index in [4.69, 9.17) is 19.3 Å². The Morgan fingerprint density at radius 1 is 0.667 bits per heavy atom. The van der Waals surface area contributed by atoms with Crippen LogP contribution >= 0.6 is 7.82 Å². The molecule has 0 saturated heterocycles. The Balaban J connectivity index is 4.17. The first kappa shape index (κ1) is 45.5. The molecular formula is C38H63O9P. The number of carbonyl (C=O) groups is 2. The zero-order valence-corrected chi connectivity index (χ0v) is 30.4. The molecule has 0 spiro atoms. The van der Waals surface area contributed by atoms with Gasteiger partial charge in [-0.25, -0.2) is 4.57 Å². The van der Waals surface area contributed by atoms with E-state index in [2.05, 4.69) is 36.6 Å². The number of carbonyl (C=O) groups excluding carboxylic acids is 2. The van der Waals surface area contributed by atoms with E-state index in [1.807, 2.05) is 48.6 Å². The first-order chi connectivity index (χ1) is 23.2. The lowest BCUT2D eigenvalue weighted by atomic mass is 10.1. The van der Waals surface area contributed by atoms with E-state index >= 15 is 0 Å².